The predicted octanol–water partition coefficient (Wildman–Crippen LogP) is 5.09. The summed E-state index contributed by atoms with van der Waals surface area (Å²) in [4.78, 5) is 13.7. The number of amides is 1. The van der Waals surface area contributed by atoms with Crippen molar-refractivity contribution in [2.45, 2.75) is 29.0 Å². The van der Waals surface area contributed by atoms with Crippen LogP contribution in [0, 0.1) is 5.82 Å². The first-order chi connectivity index (χ1) is 12.2. The molecule has 3 aromatic rings. The number of carbonyl (C=O) groups is 1. The third-order valence-corrected chi connectivity index (χ3v) is 5.56. The van der Waals surface area contributed by atoms with Crippen LogP contribution in [0.5, 0.6) is 0 Å². The quantitative estimate of drug-likeness (QED) is 0.649. The molecular formula is C21H18FNOS. The van der Waals surface area contributed by atoms with Crippen molar-refractivity contribution in [3.8, 4) is 0 Å². The van der Waals surface area contributed by atoms with Crippen molar-refractivity contribution in [3.05, 3.63) is 78.1 Å². The Morgan fingerprint density at radius 1 is 1.00 bits per heavy atom. The molecule has 0 aromatic heterocycles. The molecule has 0 saturated heterocycles. The normalized spacial score (nSPS) is 15.1. The zero-order valence-electron chi connectivity index (χ0n) is 13.6. The number of hydrogen-bond donors (Lipinski definition) is 1. The molecule has 0 bridgehead atoms. The van der Waals surface area contributed by atoms with E-state index in [1.807, 2.05) is 18.2 Å². The fourth-order valence-corrected chi connectivity index (χ4v) is 3.87. The van der Waals surface area contributed by atoms with Gasteiger partial charge in [-0.05, 0) is 53.4 Å². The number of fused-ring (bicyclic) bond motifs is 1. The summed E-state index contributed by atoms with van der Waals surface area (Å²) in [7, 11) is 0. The molecule has 1 saturated carbocycles. The topological polar surface area (TPSA) is 29.1 Å². The van der Waals surface area contributed by atoms with E-state index in [4.69, 9.17) is 0 Å². The van der Waals surface area contributed by atoms with E-state index >= 15 is 0 Å². The number of benzene rings is 3. The van der Waals surface area contributed by atoms with Crippen molar-refractivity contribution >= 4 is 28.4 Å². The minimum atomic E-state index is -0.387. The lowest BCUT2D eigenvalue weighted by Crippen LogP contribution is -2.29. The van der Waals surface area contributed by atoms with Gasteiger partial charge in [-0.15, -0.1) is 11.8 Å². The van der Waals surface area contributed by atoms with Crippen LogP contribution in [0.25, 0.3) is 10.8 Å². The van der Waals surface area contributed by atoms with E-state index in [-0.39, 0.29) is 17.0 Å². The van der Waals surface area contributed by atoms with Crippen molar-refractivity contribution in [2.24, 2.45) is 0 Å². The fourth-order valence-electron chi connectivity index (χ4n) is 2.79. The Labute approximate surface area is 150 Å². The molecule has 1 N–H and O–H groups in total. The number of rotatable bonds is 5. The van der Waals surface area contributed by atoms with E-state index in [0.717, 1.165) is 28.7 Å². The average molecular weight is 351 g/mol. The van der Waals surface area contributed by atoms with E-state index in [9.17, 15) is 9.18 Å². The van der Waals surface area contributed by atoms with E-state index in [2.05, 4.69) is 29.6 Å². The van der Waals surface area contributed by atoms with Crippen LogP contribution in [0.3, 0.4) is 0 Å². The lowest BCUT2D eigenvalue weighted by molar-refractivity contribution is -0.120. The van der Waals surface area contributed by atoms with Gasteiger partial charge in [0.05, 0.1) is 0 Å². The van der Waals surface area contributed by atoms with Crippen molar-refractivity contribution in [2.75, 3.05) is 0 Å². The molecule has 4 heteroatoms. The molecule has 25 heavy (non-hydrogen) atoms. The van der Waals surface area contributed by atoms with Crippen LogP contribution in [0.1, 0.15) is 23.7 Å². The maximum absolute atomic E-state index is 13.3. The molecule has 1 aliphatic rings. The Morgan fingerprint density at radius 3 is 2.44 bits per heavy atom. The molecule has 4 rings (SSSR count). The summed E-state index contributed by atoms with van der Waals surface area (Å²) in [5.74, 6) is -0.298. The van der Waals surface area contributed by atoms with E-state index < -0.39 is 0 Å². The summed E-state index contributed by atoms with van der Waals surface area (Å²) in [6.07, 6.45) is 2.09. The minimum Gasteiger partial charge on any atom is -0.352 e. The lowest BCUT2D eigenvalue weighted by atomic mass is 10.1. The van der Waals surface area contributed by atoms with Crippen LogP contribution in [0.2, 0.25) is 0 Å². The molecule has 0 spiro atoms. The van der Waals surface area contributed by atoms with Gasteiger partial charge in [-0.3, -0.25) is 4.79 Å². The largest absolute Gasteiger partial charge is 0.352 e. The Morgan fingerprint density at radius 2 is 1.72 bits per heavy atom. The van der Waals surface area contributed by atoms with Crippen LogP contribution in [0.15, 0.2) is 71.6 Å². The first kappa shape index (κ1) is 16.2. The van der Waals surface area contributed by atoms with Gasteiger partial charge < -0.3 is 5.32 Å². The molecule has 126 valence electrons. The summed E-state index contributed by atoms with van der Waals surface area (Å²) in [5, 5.41) is 5.00. The Kier molecular flexibility index (Phi) is 4.45. The predicted molar refractivity (Wildman–Crippen MR) is 100 cm³/mol. The van der Waals surface area contributed by atoms with E-state index in [0.29, 0.717) is 6.04 Å². The first-order valence-corrected chi connectivity index (χ1v) is 9.28. The third kappa shape index (κ3) is 3.85. The van der Waals surface area contributed by atoms with E-state index in [1.54, 1.807) is 12.1 Å². The Bertz CT molecular complexity index is 905. The standard InChI is InChI=1S/C21H18FNOS/c22-17-8-5-15(6-9-17)20(21(24)23-18-10-11-18)25-19-12-7-14-3-1-2-4-16(14)13-19/h1-9,12-13,18,20H,10-11H2,(H,23,24)/t20-/m1/s1. The van der Waals surface area contributed by atoms with Crippen molar-refractivity contribution in [1.82, 2.24) is 5.32 Å². The van der Waals surface area contributed by atoms with Gasteiger partial charge in [-0.1, -0.05) is 42.5 Å². The van der Waals surface area contributed by atoms with Gasteiger partial charge in [0.2, 0.25) is 5.91 Å². The van der Waals surface area contributed by atoms with Gasteiger partial charge in [0, 0.05) is 10.9 Å². The van der Waals surface area contributed by atoms with Crippen LogP contribution in [-0.4, -0.2) is 11.9 Å². The summed E-state index contributed by atoms with van der Waals surface area (Å²) in [6.45, 7) is 0. The summed E-state index contributed by atoms with van der Waals surface area (Å²) in [6, 6.07) is 20.9. The SMILES string of the molecule is O=C(NC1CC1)[C@H](Sc1ccc2ccccc2c1)c1ccc(F)cc1. The fraction of sp³-hybridized carbons (Fsp3) is 0.190. The molecule has 0 radical (unpaired) electrons. The van der Waals surface area contributed by atoms with Crippen molar-refractivity contribution in [1.29, 1.82) is 0 Å². The highest BCUT2D eigenvalue weighted by Gasteiger charge is 2.29. The monoisotopic (exact) mass is 351 g/mol. The number of hydrogen-bond acceptors (Lipinski definition) is 2. The van der Waals surface area contributed by atoms with Gasteiger partial charge in [0.1, 0.15) is 11.1 Å². The second-order valence-corrected chi connectivity index (χ2v) is 7.52. The number of halogens is 1. The van der Waals surface area contributed by atoms with Crippen LogP contribution in [0.4, 0.5) is 4.39 Å². The highest BCUT2D eigenvalue weighted by Crippen LogP contribution is 2.37. The molecule has 1 amide bonds. The Hall–Kier alpha value is -2.33. The van der Waals surface area contributed by atoms with Crippen molar-refractivity contribution < 1.29 is 9.18 Å². The average Bonchev–Trinajstić information content (AvgIpc) is 3.44. The highest BCUT2D eigenvalue weighted by molar-refractivity contribution is 8.00. The van der Waals surface area contributed by atoms with Crippen LogP contribution in [-0.2, 0) is 4.79 Å². The summed E-state index contributed by atoms with van der Waals surface area (Å²) in [5.41, 5.74) is 0.817. The number of nitrogens with one attached hydrogen (secondary N) is 1. The van der Waals surface area contributed by atoms with E-state index in [1.165, 1.54) is 29.3 Å². The molecular weight excluding hydrogens is 333 g/mol. The second-order valence-electron chi connectivity index (χ2n) is 6.34. The maximum Gasteiger partial charge on any atom is 0.238 e. The number of thioether (sulfide) groups is 1. The smallest absolute Gasteiger partial charge is 0.238 e. The van der Waals surface area contributed by atoms with Crippen LogP contribution >= 0.6 is 11.8 Å². The van der Waals surface area contributed by atoms with Gasteiger partial charge in [-0.2, -0.15) is 0 Å². The molecule has 1 atom stereocenters. The molecule has 0 heterocycles. The Balaban J connectivity index is 1.63. The molecule has 0 unspecified atom stereocenters. The third-order valence-electron chi connectivity index (χ3n) is 4.31. The second kappa shape index (κ2) is 6.89. The maximum atomic E-state index is 13.3. The zero-order chi connectivity index (χ0) is 17.2. The molecule has 0 aliphatic heterocycles. The summed E-state index contributed by atoms with van der Waals surface area (Å²) >= 11 is 1.51. The molecule has 3 aromatic carbocycles. The van der Waals surface area contributed by atoms with Crippen LogP contribution < -0.4 is 5.32 Å². The summed E-state index contributed by atoms with van der Waals surface area (Å²) < 4.78 is 13.3. The molecule has 2 nitrogen and oxygen atoms in total. The minimum absolute atomic E-state index is 0.00716. The number of carbonyl (C=O) groups excluding carboxylic acids is 1. The molecule has 1 aliphatic carbocycles. The zero-order valence-corrected chi connectivity index (χ0v) is 14.4. The first-order valence-electron chi connectivity index (χ1n) is 8.40. The lowest BCUT2D eigenvalue weighted by Gasteiger charge is -2.17. The van der Waals surface area contributed by atoms with Gasteiger partial charge in [0.25, 0.3) is 0 Å². The molecule has 1 fully saturated rings. The van der Waals surface area contributed by atoms with Crippen molar-refractivity contribution in [3.63, 3.8) is 0 Å². The van der Waals surface area contributed by atoms with Gasteiger partial charge in [0.15, 0.2) is 0 Å². The highest BCUT2D eigenvalue weighted by atomic mass is 32.2. The van der Waals surface area contributed by atoms with Gasteiger partial charge >= 0.3 is 0 Å². The van der Waals surface area contributed by atoms with Gasteiger partial charge in [-0.25, -0.2) is 4.39 Å².